The zero-order chi connectivity index (χ0) is 22.5. The van der Waals surface area contributed by atoms with Crippen molar-refractivity contribution < 1.29 is 47.5 Å². The highest BCUT2D eigenvalue weighted by molar-refractivity contribution is 5.67. The molecule has 0 aliphatic carbocycles. The highest BCUT2D eigenvalue weighted by Crippen LogP contribution is 2.26. The van der Waals surface area contributed by atoms with Crippen molar-refractivity contribution in [2.24, 2.45) is 5.73 Å². The number of ether oxygens (including phenoxy) is 7. The van der Waals surface area contributed by atoms with Gasteiger partial charge in [-0.25, -0.2) is 0 Å². The number of esters is 3. The third kappa shape index (κ3) is 9.81. The van der Waals surface area contributed by atoms with Gasteiger partial charge in [-0.1, -0.05) is 6.92 Å². The molecule has 1 aliphatic rings. The molecule has 30 heavy (non-hydrogen) atoms. The smallest absolute Gasteiger partial charge is 0.303 e. The molecule has 0 amide bonds. The summed E-state index contributed by atoms with van der Waals surface area (Å²) >= 11 is 0. The predicted octanol–water partition coefficient (Wildman–Crippen LogP) is -0.0751. The van der Waals surface area contributed by atoms with Crippen LogP contribution in [0.4, 0.5) is 0 Å². The summed E-state index contributed by atoms with van der Waals surface area (Å²) in [5.41, 5.74) is 6.16. The number of carbonyl (C=O) groups excluding carboxylic acids is 3. The largest absolute Gasteiger partial charge is 0.463 e. The lowest BCUT2D eigenvalue weighted by molar-refractivity contribution is -0.275. The van der Waals surface area contributed by atoms with Crippen molar-refractivity contribution in [2.45, 2.75) is 64.8 Å². The Bertz CT molecular complexity index is 543. The van der Waals surface area contributed by atoms with Gasteiger partial charge in [-0.3, -0.25) is 14.4 Å². The van der Waals surface area contributed by atoms with E-state index in [0.717, 1.165) is 6.42 Å². The van der Waals surface area contributed by atoms with Gasteiger partial charge >= 0.3 is 17.9 Å². The predicted molar refractivity (Wildman–Crippen MR) is 102 cm³/mol. The van der Waals surface area contributed by atoms with Gasteiger partial charge in [0.2, 0.25) is 0 Å². The first kappa shape index (κ1) is 26.2. The molecule has 3 unspecified atom stereocenters. The molecule has 0 aromatic carbocycles. The molecule has 0 aromatic rings. The fourth-order valence-electron chi connectivity index (χ4n) is 2.77. The van der Waals surface area contributed by atoms with Gasteiger partial charge in [-0.05, 0) is 6.42 Å². The topological polar surface area (TPSA) is 142 Å². The Morgan fingerprint density at radius 3 is 1.97 bits per heavy atom. The maximum absolute atomic E-state index is 11.6. The van der Waals surface area contributed by atoms with Crippen LogP contribution in [0.5, 0.6) is 0 Å². The van der Waals surface area contributed by atoms with Crippen LogP contribution in [0.2, 0.25) is 0 Å². The summed E-state index contributed by atoms with van der Waals surface area (Å²) < 4.78 is 37.6. The molecule has 2 N–H and O–H groups in total. The molecule has 11 heteroatoms. The van der Waals surface area contributed by atoms with E-state index >= 15 is 0 Å². The number of nitrogens with two attached hydrogens (primary N) is 1. The van der Waals surface area contributed by atoms with Gasteiger partial charge in [0.1, 0.15) is 12.7 Å². The van der Waals surface area contributed by atoms with Crippen molar-refractivity contribution >= 4 is 17.9 Å². The molecule has 1 rings (SSSR count). The molecule has 0 spiro atoms. The number of hydrogen-bond acceptors (Lipinski definition) is 11. The summed E-state index contributed by atoms with van der Waals surface area (Å²) in [6.07, 6.45) is -3.11. The van der Waals surface area contributed by atoms with Crippen LogP contribution in [0.25, 0.3) is 0 Å². The van der Waals surface area contributed by atoms with E-state index in [2.05, 4.69) is 0 Å². The maximum Gasteiger partial charge on any atom is 0.303 e. The molecule has 174 valence electrons. The van der Waals surface area contributed by atoms with Crippen molar-refractivity contribution in [3.05, 3.63) is 0 Å². The summed E-state index contributed by atoms with van der Waals surface area (Å²) in [5, 5.41) is 0. The lowest BCUT2D eigenvalue weighted by atomic mass is 9.97. The SMILES string of the molecule is CCCOCCOCCO[C@@H]1OC(COC(C)=O)[C@H](OC(C)=O)C(OC(C)=O)C1N. The summed E-state index contributed by atoms with van der Waals surface area (Å²) in [6.45, 7) is 7.41. The van der Waals surface area contributed by atoms with E-state index in [9.17, 15) is 14.4 Å². The second kappa shape index (κ2) is 14.3. The Morgan fingerprint density at radius 1 is 0.833 bits per heavy atom. The number of carbonyl (C=O) groups is 3. The van der Waals surface area contributed by atoms with Gasteiger partial charge in [0.25, 0.3) is 0 Å². The molecule has 1 aliphatic heterocycles. The minimum atomic E-state index is -1.06. The van der Waals surface area contributed by atoms with Gasteiger partial charge in [0, 0.05) is 27.4 Å². The Hall–Kier alpha value is -1.79. The lowest BCUT2D eigenvalue weighted by Crippen LogP contribution is -2.64. The van der Waals surface area contributed by atoms with E-state index in [0.29, 0.717) is 19.8 Å². The summed E-state index contributed by atoms with van der Waals surface area (Å²) in [6, 6.07) is -0.945. The minimum absolute atomic E-state index is 0.150. The highest BCUT2D eigenvalue weighted by atomic mass is 16.7. The van der Waals surface area contributed by atoms with Crippen LogP contribution in [-0.2, 0) is 47.5 Å². The van der Waals surface area contributed by atoms with Crippen molar-refractivity contribution in [3.8, 4) is 0 Å². The number of hydrogen-bond donors (Lipinski definition) is 1. The van der Waals surface area contributed by atoms with Gasteiger partial charge in [0.15, 0.2) is 18.5 Å². The van der Waals surface area contributed by atoms with Gasteiger partial charge in [-0.2, -0.15) is 0 Å². The van der Waals surface area contributed by atoms with Crippen LogP contribution in [0.1, 0.15) is 34.1 Å². The summed E-state index contributed by atoms with van der Waals surface area (Å²) in [4.78, 5) is 34.3. The van der Waals surface area contributed by atoms with E-state index in [1.165, 1.54) is 20.8 Å². The third-order valence-corrected chi connectivity index (χ3v) is 3.98. The summed E-state index contributed by atoms with van der Waals surface area (Å²) in [5.74, 6) is -1.79. The molecular formula is C19H33NO10. The van der Waals surface area contributed by atoms with Crippen molar-refractivity contribution in [1.29, 1.82) is 0 Å². The minimum Gasteiger partial charge on any atom is -0.463 e. The molecular weight excluding hydrogens is 402 g/mol. The Labute approximate surface area is 176 Å². The Morgan fingerprint density at radius 2 is 1.40 bits per heavy atom. The number of rotatable bonds is 13. The van der Waals surface area contributed by atoms with Gasteiger partial charge in [-0.15, -0.1) is 0 Å². The fraction of sp³-hybridized carbons (Fsp3) is 0.842. The molecule has 0 bridgehead atoms. The molecule has 0 radical (unpaired) electrons. The second-order valence-electron chi connectivity index (χ2n) is 6.67. The van der Waals surface area contributed by atoms with E-state index < -0.39 is 48.6 Å². The zero-order valence-corrected chi connectivity index (χ0v) is 18.0. The van der Waals surface area contributed by atoms with Crippen LogP contribution in [0, 0.1) is 0 Å². The molecule has 1 fully saturated rings. The van der Waals surface area contributed by atoms with Crippen LogP contribution in [0.15, 0.2) is 0 Å². The molecule has 1 saturated heterocycles. The first-order valence-corrected chi connectivity index (χ1v) is 9.92. The van der Waals surface area contributed by atoms with E-state index in [1.807, 2.05) is 6.92 Å². The first-order valence-electron chi connectivity index (χ1n) is 9.92. The average molecular weight is 435 g/mol. The lowest BCUT2D eigenvalue weighted by Gasteiger charge is -2.43. The van der Waals surface area contributed by atoms with Crippen molar-refractivity contribution in [2.75, 3.05) is 39.6 Å². The molecule has 11 nitrogen and oxygen atoms in total. The molecule has 0 saturated carbocycles. The van der Waals surface area contributed by atoms with Crippen molar-refractivity contribution in [1.82, 2.24) is 0 Å². The first-order chi connectivity index (χ1) is 14.3. The van der Waals surface area contributed by atoms with E-state index in [-0.39, 0.29) is 19.8 Å². The van der Waals surface area contributed by atoms with Crippen molar-refractivity contribution in [3.63, 3.8) is 0 Å². The summed E-state index contributed by atoms with van der Waals surface area (Å²) in [7, 11) is 0. The normalized spacial score (nSPS) is 26.1. The Kier molecular flexibility index (Phi) is 12.5. The zero-order valence-electron chi connectivity index (χ0n) is 18.0. The molecule has 1 heterocycles. The fourth-order valence-corrected chi connectivity index (χ4v) is 2.77. The van der Waals surface area contributed by atoms with Crippen LogP contribution < -0.4 is 5.73 Å². The van der Waals surface area contributed by atoms with E-state index in [4.69, 9.17) is 38.9 Å². The van der Waals surface area contributed by atoms with E-state index in [1.54, 1.807) is 0 Å². The van der Waals surface area contributed by atoms with Gasteiger partial charge < -0.3 is 38.9 Å². The monoisotopic (exact) mass is 435 g/mol. The molecule has 0 aromatic heterocycles. The second-order valence-corrected chi connectivity index (χ2v) is 6.67. The quantitative estimate of drug-likeness (QED) is 0.236. The van der Waals surface area contributed by atoms with Gasteiger partial charge in [0.05, 0.1) is 32.5 Å². The third-order valence-electron chi connectivity index (χ3n) is 3.98. The maximum atomic E-state index is 11.6. The van der Waals surface area contributed by atoms with Crippen LogP contribution >= 0.6 is 0 Å². The Balaban J connectivity index is 2.71. The van der Waals surface area contributed by atoms with Crippen LogP contribution in [-0.4, -0.2) is 88.2 Å². The highest BCUT2D eigenvalue weighted by Gasteiger charge is 2.49. The molecule has 5 atom stereocenters. The van der Waals surface area contributed by atoms with Crippen LogP contribution in [0.3, 0.4) is 0 Å². The average Bonchev–Trinajstić information content (AvgIpc) is 2.66. The standard InChI is InChI=1S/C19H33NO10/c1-5-6-24-7-8-25-9-10-26-19-16(20)18(29-14(4)23)17(28-13(3)22)15(30-19)11-27-12(2)21/h15-19H,5-11,20H2,1-4H3/t15?,16?,17-,18?,19+/m0/s1.